The summed E-state index contributed by atoms with van der Waals surface area (Å²) < 4.78 is 5.78. The van der Waals surface area contributed by atoms with Crippen molar-refractivity contribution in [3.8, 4) is 5.75 Å². The first kappa shape index (κ1) is 15.4. The zero-order valence-corrected chi connectivity index (χ0v) is 12.8. The maximum Gasteiger partial charge on any atom is 0.119 e. The normalized spacial score (nSPS) is 16.2. The van der Waals surface area contributed by atoms with Crippen molar-refractivity contribution in [3.05, 3.63) is 29.8 Å². The molecule has 0 unspecified atom stereocenters. The molecule has 1 heterocycles. The van der Waals surface area contributed by atoms with E-state index in [9.17, 15) is 0 Å². The SMILES string of the molecule is CCCCCCOc1ccc(CC2CC[N]CC2)cc1. The highest BCUT2D eigenvalue weighted by molar-refractivity contribution is 5.27. The number of hydrogen-bond donors (Lipinski definition) is 0. The van der Waals surface area contributed by atoms with Crippen LogP contribution in [-0.4, -0.2) is 19.7 Å². The van der Waals surface area contributed by atoms with Gasteiger partial charge in [-0.1, -0.05) is 38.3 Å². The summed E-state index contributed by atoms with van der Waals surface area (Å²) in [6, 6.07) is 8.71. The lowest BCUT2D eigenvalue weighted by Gasteiger charge is -2.21. The van der Waals surface area contributed by atoms with Crippen molar-refractivity contribution in [1.29, 1.82) is 0 Å². The van der Waals surface area contributed by atoms with E-state index in [2.05, 4.69) is 36.5 Å². The third-order valence-electron chi connectivity index (χ3n) is 4.11. The Kier molecular flexibility index (Phi) is 6.93. The summed E-state index contributed by atoms with van der Waals surface area (Å²) in [5, 5.41) is 4.42. The lowest BCUT2D eigenvalue weighted by Crippen LogP contribution is -2.23. The Balaban J connectivity index is 1.69. The van der Waals surface area contributed by atoms with Gasteiger partial charge in [0.2, 0.25) is 0 Å². The number of piperidine rings is 1. The van der Waals surface area contributed by atoms with E-state index < -0.39 is 0 Å². The molecular weight excluding hydrogens is 246 g/mol. The van der Waals surface area contributed by atoms with Crippen LogP contribution in [0.5, 0.6) is 5.75 Å². The zero-order valence-electron chi connectivity index (χ0n) is 12.8. The van der Waals surface area contributed by atoms with Crippen molar-refractivity contribution < 1.29 is 4.74 Å². The molecule has 1 fully saturated rings. The summed E-state index contributed by atoms with van der Waals surface area (Å²) in [7, 11) is 0. The van der Waals surface area contributed by atoms with Crippen LogP contribution in [0.25, 0.3) is 0 Å². The van der Waals surface area contributed by atoms with Crippen LogP contribution >= 0.6 is 0 Å². The number of nitrogens with zero attached hydrogens (tertiary/aromatic N) is 1. The van der Waals surface area contributed by atoms with E-state index in [0.29, 0.717) is 0 Å². The van der Waals surface area contributed by atoms with E-state index >= 15 is 0 Å². The number of rotatable bonds is 8. The minimum atomic E-state index is 0.827. The lowest BCUT2D eigenvalue weighted by atomic mass is 9.91. The number of unbranched alkanes of at least 4 members (excludes halogenated alkanes) is 3. The van der Waals surface area contributed by atoms with E-state index in [0.717, 1.165) is 31.4 Å². The van der Waals surface area contributed by atoms with E-state index in [-0.39, 0.29) is 0 Å². The van der Waals surface area contributed by atoms with Crippen molar-refractivity contribution in [3.63, 3.8) is 0 Å². The van der Waals surface area contributed by atoms with Gasteiger partial charge in [-0.2, -0.15) is 0 Å². The van der Waals surface area contributed by atoms with Crippen LogP contribution in [-0.2, 0) is 6.42 Å². The number of ether oxygens (including phenoxy) is 1. The van der Waals surface area contributed by atoms with Crippen LogP contribution in [0.1, 0.15) is 51.0 Å². The van der Waals surface area contributed by atoms with Gasteiger partial charge in [-0.15, -0.1) is 0 Å². The first-order valence-electron chi connectivity index (χ1n) is 8.23. The molecular formula is C18H28NO. The second-order valence-corrected chi connectivity index (χ2v) is 5.87. The Morgan fingerprint density at radius 1 is 1.05 bits per heavy atom. The van der Waals surface area contributed by atoms with Crippen molar-refractivity contribution in [2.75, 3.05) is 19.7 Å². The zero-order chi connectivity index (χ0) is 14.0. The fourth-order valence-corrected chi connectivity index (χ4v) is 2.78. The Hall–Kier alpha value is -1.02. The smallest absolute Gasteiger partial charge is 0.119 e. The molecule has 1 saturated heterocycles. The summed E-state index contributed by atoms with van der Waals surface area (Å²) in [5.74, 6) is 1.84. The molecule has 0 N–H and O–H groups in total. The third-order valence-corrected chi connectivity index (χ3v) is 4.11. The van der Waals surface area contributed by atoms with Gasteiger partial charge in [0.25, 0.3) is 0 Å². The van der Waals surface area contributed by atoms with Gasteiger partial charge >= 0.3 is 0 Å². The molecule has 1 aliphatic rings. The first-order valence-corrected chi connectivity index (χ1v) is 8.23. The summed E-state index contributed by atoms with van der Waals surface area (Å²) in [6.45, 7) is 5.21. The summed E-state index contributed by atoms with van der Waals surface area (Å²) >= 11 is 0. The van der Waals surface area contributed by atoms with Crippen LogP contribution in [0.3, 0.4) is 0 Å². The Labute approximate surface area is 123 Å². The Morgan fingerprint density at radius 2 is 1.80 bits per heavy atom. The van der Waals surface area contributed by atoms with Crippen LogP contribution < -0.4 is 10.1 Å². The lowest BCUT2D eigenvalue weighted by molar-refractivity contribution is 0.305. The van der Waals surface area contributed by atoms with E-state index in [4.69, 9.17) is 4.74 Å². The molecule has 2 nitrogen and oxygen atoms in total. The van der Waals surface area contributed by atoms with Gasteiger partial charge in [-0.25, -0.2) is 5.32 Å². The number of hydrogen-bond acceptors (Lipinski definition) is 1. The van der Waals surface area contributed by atoms with E-state index in [1.54, 1.807) is 0 Å². The van der Waals surface area contributed by atoms with Gasteiger partial charge in [-0.05, 0) is 49.3 Å². The van der Waals surface area contributed by atoms with Gasteiger partial charge in [0.15, 0.2) is 0 Å². The average Bonchev–Trinajstić information content (AvgIpc) is 2.50. The maximum absolute atomic E-state index is 5.78. The first-order chi connectivity index (χ1) is 9.88. The molecule has 1 aromatic rings. The highest BCUT2D eigenvalue weighted by Crippen LogP contribution is 2.20. The minimum Gasteiger partial charge on any atom is -0.494 e. The fourth-order valence-electron chi connectivity index (χ4n) is 2.78. The highest BCUT2D eigenvalue weighted by Gasteiger charge is 2.13. The predicted molar refractivity (Wildman–Crippen MR) is 84.4 cm³/mol. The molecule has 0 saturated carbocycles. The predicted octanol–water partition coefficient (Wildman–Crippen LogP) is 4.20. The standard InChI is InChI=1S/C18H28NO/c1-2-3-4-5-14-20-18-8-6-16(7-9-18)15-17-10-12-19-13-11-17/h6-9,17H,2-5,10-15H2,1H3. The molecule has 0 aromatic heterocycles. The minimum absolute atomic E-state index is 0.827. The van der Waals surface area contributed by atoms with Gasteiger partial charge in [0.1, 0.15) is 5.75 Å². The van der Waals surface area contributed by atoms with Crippen LogP contribution in [0.2, 0.25) is 0 Å². The van der Waals surface area contributed by atoms with Crippen molar-refractivity contribution in [2.24, 2.45) is 5.92 Å². The quantitative estimate of drug-likeness (QED) is 0.652. The molecule has 1 radical (unpaired) electrons. The highest BCUT2D eigenvalue weighted by atomic mass is 16.5. The molecule has 2 rings (SSSR count). The molecule has 0 amide bonds. The topological polar surface area (TPSA) is 23.3 Å². The molecule has 0 aliphatic carbocycles. The van der Waals surface area contributed by atoms with Crippen molar-refractivity contribution >= 4 is 0 Å². The molecule has 1 aromatic carbocycles. The van der Waals surface area contributed by atoms with Crippen LogP contribution in [0.4, 0.5) is 0 Å². The molecule has 0 bridgehead atoms. The van der Waals surface area contributed by atoms with E-state index in [1.807, 2.05) is 0 Å². The van der Waals surface area contributed by atoms with E-state index in [1.165, 1.54) is 50.5 Å². The van der Waals surface area contributed by atoms with Crippen LogP contribution in [0, 0.1) is 5.92 Å². The molecule has 0 spiro atoms. The molecule has 111 valence electrons. The maximum atomic E-state index is 5.78. The Bertz CT molecular complexity index is 354. The van der Waals surface area contributed by atoms with Gasteiger partial charge in [-0.3, -0.25) is 0 Å². The summed E-state index contributed by atoms with van der Waals surface area (Å²) in [6.07, 6.45) is 8.76. The molecule has 0 atom stereocenters. The average molecular weight is 274 g/mol. The number of benzene rings is 1. The monoisotopic (exact) mass is 274 g/mol. The summed E-state index contributed by atoms with van der Waals surface area (Å²) in [5.41, 5.74) is 1.44. The fraction of sp³-hybridized carbons (Fsp3) is 0.667. The van der Waals surface area contributed by atoms with Gasteiger partial charge in [0.05, 0.1) is 6.61 Å². The third kappa shape index (κ3) is 5.54. The second kappa shape index (κ2) is 9.02. The van der Waals surface area contributed by atoms with Crippen molar-refractivity contribution in [1.82, 2.24) is 5.32 Å². The summed E-state index contributed by atoms with van der Waals surface area (Å²) in [4.78, 5) is 0. The van der Waals surface area contributed by atoms with Crippen molar-refractivity contribution in [2.45, 2.75) is 51.9 Å². The second-order valence-electron chi connectivity index (χ2n) is 5.87. The molecule has 2 heteroatoms. The van der Waals surface area contributed by atoms with Crippen LogP contribution in [0.15, 0.2) is 24.3 Å². The molecule has 20 heavy (non-hydrogen) atoms. The van der Waals surface area contributed by atoms with Gasteiger partial charge in [0, 0.05) is 13.1 Å². The Morgan fingerprint density at radius 3 is 2.50 bits per heavy atom. The molecule has 1 aliphatic heterocycles. The van der Waals surface area contributed by atoms with Gasteiger partial charge < -0.3 is 4.74 Å². The largest absolute Gasteiger partial charge is 0.494 e.